The first kappa shape index (κ1) is 12.7. The van der Waals surface area contributed by atoms with Crippen LogP contribution in [0.25, 0.3) is 5.52 Å². The predicted octanol–water partition coefficient (Wildman–Crippen LogP) is 2.92. The average Bonchev–Trinajstić information content (AvgIpc) is 2.93. The summed E-state index contributed by atoms with van der Waals surface area (Å²) in [6.45, 7) is 0.406. The van der Waals surface area contributed by atoms with Gasteiger partial charge in [0.25, 0.3) is 5.91 Å². The Morgan fingerprint density at radius 3 is 3.00 bits per heavy atom. The van der Waals surface area contributed by atoms with Crippen molar-refractivity contribution in [3.63, 3.8) is 0 Å². The topological polar surface area (TPSA) is 46.4 Å². The molecule has 0 unspecified atom stereocenters. The van der Waals surface area contributed by atoms with Crippen molar-refractivity contribution in [2.45, 2.75) is 6.54 Å². The van der Waals surface area contributed by atoms with Crippen molar-refractivity contribution in [1.82, 2.24) is 14.7 Å². The molecule has 0 radical (unpaired) electrons. The summed E-state index contributed by atoms with van der Waals surface area (Å²) in [5.41, 5.74) is 2.38. The largest absolute Gasteiger partial charge is 0.348 e. The molecule has 1 amide bonds. The number of halogens is 1. The van der Waals surface area contributed by atoms with Crippen molar-refractivity contribution in [1.29, 1.82) is 0 Å². The number of benzene rings is 1. The Hall–Kier alpha value is -2.33. The molecular formula is C15H12ClN3O. The highest BCUT2D eigenvalue weighted by Gasteiger charge is 2.07. The molecule has 0 aliphatic rings. The van der Waals surface area contributed by atoms with Gasteiger partial charge >= 0.3 is 0 Å². The van der Waals surface area contributed by atoms with Gasteiger partial charge in [0.1, 0.15) is 0 Å². The summed E-state index contributed by atoms with van der Waals surface area (Å²) >= 11 is 6.05. The third kappa shape index (κ3) is 2.51. The summed E-state index contributed by atoms with van der Waals surface area (Å²) in [6.07, 6.45) is 5.22. The van der Waals surface area contributed by atoms with Crippen LogP contribution in [0.15, 0.2) is 55.1 Å². The van der Waals surface area contributed by atoms with Crippen LogP contribution in [0, 0.1) is 0 Å². The van der Waals surface area contributed by atoms with Crippen LogP contribution in [0.5, 0.6) is 0 Å². The lowest BCUT2D eigenvalue weighted by Crippen LogP contribution is -2.23. The van der Waals surface area contributed by atoms with Gasteiger partial charge in [-0.05, 0) is 23.8 Å². The number of carbonyl (C=O) groups is 1. The fraction of sp³-hybridized carbons (Fsp3) is 0.0667. The van der Waals surface area contributed by atoms with Gasteiger partial charge in [0.15, 0.2) is 0 Å². The van der Waals surface area contributed by atoms with Crippen LogP contribution in [0.3, 0.4) is 0 Å². The van der Waals surface area contributed by atoms with Gasteiger partial charge in [0, 0.05) is 23.3 Å². The van der Waals surface area contributed by atoms with E-state index in [4.69, 9.17) is 11.6 Å². The molecule has 0 fully saturated rings. The highest BCUT2D eigenvalue weighted by molar-refractivity contribution is 6.31. The van der Waals surface area contributed by atoms with Crippen molar-refractivity contribution in [3.05, 3.63) is 71.3 Å². The Balaban J connectivity index is 1.74. The first-order valence-electron chi connectivity index (χ1n) is 6.17. The van der Waals surface area contributed by atoms with Gasteiger partial charge < -0.3 is 9.72 Å². The Bertz CT molecular complexity index is 766. The van der Waals surface area contributed by atoms with Crippen molar-refractivity contribution >= 4 is 23.0 Å². The van der Waals surface area contributed by atoms with Crippen molar-refractivity contribution in [2.24, 2.45) is 0 Å². The maximum Gasteiger partial charge on any atom is 0.251 e. The number of carbonyl (C=O) groups excluding carboxylic acids is 1. The minimum atomic E-state index is -0.131. The molecule has 5 heteroatoms. The number of hydrogen-bond acceptors (Lipinski definition) is 2. The van der Waals surface area contributed by atoms with E-state index in [0.29, 0.717) is 17.1 Å². The Morgan fingerprint density at radius 1 is 1.30 bits per heavy atom. The molecule has 20 heavy (non-hydrogen) atoms. The zero-order valence-electron chi connectivity index (χ0n) is 10.6. The van der Waals surface area contributed by atoms with E-state index in [1.54, 1.807) is 30.7 Å². The van der Waals surface area contributed by atoms with Crippen LogP contribution in [-0.2, 0) is 6.54 Å². The van der Waals surface area contributed by atoms with Crippen LogP contribution < -0.4 is 5.32 Å². The molecule has 0 spiro atoms. The van der Waals surface area contributed by atoms with Crippen molar-refractivity contribution in [3.8, 4) is 0 Å². The highest BCUT2D eigenvalue weighted by atomic mass is 35.5. The number of amides is 1. The Labute approximate surface area is 121 Å². The number of nitrogens with one attached hydrogen (secondary N) is 1. The van der Waals surface area contributed by atoms with Crippen LogP contribution in [0.4, 0.5) is 0 Å². The third-order valence-electron chi connectivity index (χ3n) is 3.07. The second kappa shape index (κ2) is 5.35. The molecule has 3 aromatic rings. The van der Waals surface area contributed by atoms with Gasteiger partial charge in [-0.1, -0.05) is 29.8 Å². The molecule has 0 bridgehead atoms. The number of hydrogen-bond donors (Lipinski definition) is 1. The summed E-state index contributed by atoms with van der Waals surface area (Å²) in [7, 11) is 0. The van der Waals surface area contributed by atoms with Crippen molar-refractivity contribution < 1.29 is 4.79 Å². The molecule has 4 nitrogen and oxygen atoms in total. The van der Waals surface area contributed by atoms with E-state index in [2.05, 4.69) is 10.3 Å². The molecule has 0 aliphatic heterocycles. The van der Waals surface area contributed by atoms with Crippen molar-refractivity contribution in [2.75, 3.05) is 0 Å². The molecule has 2 aromatic heterocycles. The van der Waals surface area contributed by atoms with Gasteiger partial charge in [0.2, 0.25) is 0 Å². The standard InChI is InChI=1S/C15H12ClN3O/c16-14-4-2-1-3-12(14)8-18-15(20)11-5-6-19-10-17-9-13(19)7-11/h1-7,9-10H,8H2,(H,18,20). The van der Waals surface area contributed by atoms with Gasteiger partial charge in [-0.2, -0.15) is 0 Å². The van der Waals surface area contributed by atoms with Crippen LogP contribution in [0.2, 0.25) is 5.02 Å². The minimum absolute atomic E-state index is 0.131. The lowest BCUT2D eigenvalue weighted by molar-refractivity contribution is 0.0951. The van der Waals surface area contributed by atoms with Crippen LogP contribution >= 0.6 is 11.6 Å². The first-order chi connectivity index (χ1) is 9.74. The number of rotatable bonds is 3. The molecule has 3 rings (SSSR count). The Morgan fingerprint density at radius 2 is 2.15 bits per heavy atom. The summed E-state index contributed by atoms with van der Waals surface area (Å²) in [5.74, 6) is -0.131. The van der Waals surface area contributed by atoms with Gasteiger partial charge in [-0.15, -0.1) is 0 Å². The normalized spacial score (nSPS) is 10.7. The van der Waals surface area contributed by atoms with E-state index in [1.807, 2.05) is 28.8 Å². The summed E-state index contributed by atoms with van der Waals surface area (Å²) < 4.78 is 1.85. The van der Waals surface area contributed by atoms with E-state index in [0.717, 1.165) is 11.1 Å². The Kier molecular flexibility index (Phi) is 3.39. The quantitative estimate of drug-likeness (QED) is 0.804. The van der Waals surface area contributed by atoms with Crippen LogP contribution in [0.1, 0.15) is 15.9 Å². The molecule has 1 aromatic carbocycles. The lowest BCUT2D eigenvalue weighted by Gasteiger charge is -2.07. The number of aromatic nitrogens is 2. The number of imidazole rings is 1. The molecule has 100 valence electrons. The summed E-state index contributed by atoms with van der Waals surface area (Å²) in [4.78, 5) is 16.1. The molecule has 0 saturated heterocycles. The fourth-order valence-corrected chi connectivity index (χ4v) is 2.18. The highest BCUT2D eigenvalue weighted by Crippen LogP contribution is 2.14. The molecule has 0 aliphatic carbocycles. The smallest absolute Gasteiger partial charge is 0.251 e. The maximum atomic E-state index is 12.1. The maximum absolute atomic E-state index is 12.1. The van der Waals surface area contributed by atoms with Gasteiger partial charge in [0.05, 0.1) is 18.0 Å². The van der Waals surface area contributed by atoms with Crippen LogP contribution in [-0.4, -0.2) is 15.3 Å². The van der Waals surface area contributed by atoms with E-state index in [1.165, 1.54) is 0 Å². The summed E-state index contributed by atoms with van der Waals surface area (Å²) in [5, 5.41) is 3.51. The second-order valence-electron chi connectivity index (χ2n) is 4.42. The summed E-state index contributed by atoms with van der Waals surface area (Å²) in [6, 6.07) is 11.0. The minimum Gasteiger partial charge on any atom is -0.348 e. The molecule has 0 atom stereocenters. The zero-order chi connectivity index (χ0) is 13.9. The van der Waals surface area contributed by atoms with E-state index in [-0.39, 0.29) is 5.91 Å². The van der Waals surface area contributed by atoms with E-state index >= 15 is 0 Å². The molecule has 2 heterocycles. The van der Waals surface area contributed by atoms with E-state index in [9.17, 15) is 4.79 Å². The molecule has 1 N–H and O–H groups in total. The van der Waals surface area contributed by atoms with E-state index < -0.39 is 0 Å². The lowest BCUT2D eigenvalue weighted by atomic mass is 10.2. The number of fused-ring (bicyclic) bond motifs is 1. The molecular weight excluding hydrogens is 274 g/mol. The first-order valence-corrected chi connectivity index (χ1v) is 6.55. The number of pyridine rings is 1. The zero-order valence-corrected chi connectivity index (χ0v) is 11.3. The second-order valence-corrected chi connectivity index (χ2v) is 4.82. The van der Waals surface area contributed by atoms with Gasteiger partial charge in [-0.3, -0.25) is 4.79 Å². The predicted molar refractivity (Wildman–Crippen MR) is 77.8 cm³/mol. The molecule has 0 saturated carbocycles. The monoisotopic (exact) mass is 285 g/mol. The SMILES string of the molecule is O=C(NCc1ccccc1Cl)c1ccn2cncc2c1. The van der Waals surface area contributed by atoms with Gasteiger partial charge in [-0.25, -0.2) is 4.98 Å². The fourth-order valence-electron chi connectivity index (χ4n) is 1.98. The third-order valence-corrected chi connectivity index (χ3v) is 3.44. The number of nitrogens with zero attached hydrogens (tertiary/aromatic N) is 2. The average molecular weight is 286 g/mol.